The first-order chi connectivity index (χ1) is 14.3. The van der Waals surface area contributed by atoms with Gasteiger partial charge in [0.25, 0.3) is 5.56 Å². The highest BCUT2D eigenvalue weighted by Crippen LogP contribution is 2.36. The fraction of sp³-hybridized carbons (Fsp3) is 0.500. The summed E-state index contributed by atoms with van der Waals surface area (Å²) in [5.41, 5.74) is 2.02. The molecule has 0 aliphatic carbocycles. The average Bonchev–Trinajstić information content (AvgIpc) is 2.74. The number of pyridine rings is 1. The van der Waals surface area contributed by atoms with E-state index in [4.69, 9.17) is 4.74 Å². The van der Waals surface area contributed by atoms with Crippen LogP contribution in [0.3, 0.4) is 0 Å². The smallest absolute Gasteiger partial charge is 0.250 e. The fourth-order valence-corrected chi connectivity index (χ4v) is 4.60. The van der Waals surface area contributed by atoms with Crippen LogP contribution in [0.2, 0.25) is 0 Å². The number of aryl methyl sites for hydroxylation is 2. The third-order valence-electron chi connectivity index (χ3n) is 5.34. The lowest BCUT2D eigenvalue weighted by Crippen LogP contribution is -2.57. The molecular formula is C22H29NO6S. The van der Waals surface area contributed by atoms with E-state index in [-0.39, 0.29) is 5.56 Å². The Morgan fingerprint density at radius 2 is 1.80 bits per heavy atom. The molecule has 0 amide bonds. The minimum atomic E-state index is -1.39. The van der Waals surface area contributed by atoms with Crippen LogP contribution in [0.1, 0.15) is 25.3 Å². The maximum absolute atomic E-state index is 12.0. The van der Waals surface area contributed by atoms with Crippen LogP contribution in [0.25, 0.3) is 11.1 Å². The van der Waals surface area contributed by atoms with E-state index < -0.39 is 36.5 Å². The largest absolute Gasteiger partial charge is 0.394 e. The van der Waals surface area contributed by atoms with Gasteiger partial charge in [-0.3, -0.25) is 4.79 Å². The monoisotopic (exact) mass is 435 g/mol. The van der Waals surface area contributed by atoms with E-state index in [1.165, 1.54) is 11.8 Å². The quantitative estimate of drug-likeness (QED) is 0.522. The van der Waals surface area contributed by atoms with E-state index in [0.29, 0.717) is 6.54 Å². The first-order valence-electron chi connectivity index (χ1n) is 10.1. The molecule has 1 aliphatic rings. The highest BCUT2D eigenvalue weighted by atomic mass is 32.2. The molecule has 1 fully saturated rings. The van der Waals surface area contributed by atoms with Crippen molar-refractivity contribution in [2.24, 2.45) is 0 Å². The number of aliphatic hydroxyl groups is 4. The Morgan fingerprint density at radius 1 is 1.07 bits per heavy atom. The number of aromatic nitrogens is 1. The van der Waals surface area contributed by atoms with Crippen LogP contribution in [-0.2, 0) is 11.3 Å². The Kier molecular flexibility index (Phi) is 7.73. The Morgan fingerprint density at radius 3 is 2.47 bits per heavy atom. The molecule has 7 nitrogen and oxygen atoms in total. The lowest BCUT2D eigenvalue weighted by atomic mass is 10.0. The van der Waals surface area contributed by atoms with Gasteiger partial charge in [0.05, 0.1) is 6.61 Å². The Balaban J connectivity index is 1.80. The summed E-state index contributed by atoms with van der Waals surface area (Å²) >= 11 is 1.24. The molecule has 1 aromatic heterocycles. The molecule has 5 atom stereocenters. The van der Waals surface area contributed by atoms with Crippen molar-refractivity contribution in [1.82, 2.24) is 4.57 Å². The second-order valence-electron chi connectivity index (χ2n) is 7.60. The van der Waals surface area contributed by atoms with Gasteiger partial charge >= 0.3 is 0 Å². The lowest BCUT2D eigenvalue weighted by Gasteiger charge is -2.39. The molecule has 0 spiro atoms. The second-order valence-corrected chi connectivity index (χ2v) is 8.74. The van der Waals surface area contributed by atoms with Crippen LogP contribution in [0.5, 0.6) is 0 Å². The minimum Gasteiger partial charge on any atom is -0.394 e. The minimum absolute atomic E-state index is 0.0151. The van der Waals surface area contributed by atoms with Crippen molar-refractivity contribution in [2.45, 2.75) is 68.0 Å². The zero-order valence-electron chi connectivity index (χ0n) is 17.1. The van der Waals surface area contributed by atoms with E-state index in [0.717, 1.165) is 34.4 Å². The third-order valence-corrected chi connectivity index (χ3v) is 6.67. The van der Waals surface area contributed by atoms with Crippen LogP contribution in [-0.4, -0.2) is 61.5 Å². The van der Waals surface area contributed by atoms with E-state index >= 15 is 0 Å². The predicted molar refractivity (Wildman–Crippen MR) is 115 cm³/mol. The van der Waals surface area contributed by atoms with Crippen LogP contribution < -0.4 is 5.56 Å². The van der Waals surface area contributed by atoms with Crippen LogP contribution in [0.4, 0.5) is 0 Å². The van der Waals surface area contributed by atoms with Crippen molar-refractivity contribution in [3.63, 3.8) is 0 Å². The third kappa shape index (κ3) is 4.96. The molecule has 1 saturated heterocycles. The van der Waals surface area contributed by atoms with Gasteiger partial charge in [-0.2, -0.15) is 0 Å². The maximum atomic E-state index is 12.0. The van der Waals surface area contributed by atoms with Gasteiger partial charge in [-0.05, 0) is 42.2 Å². The molecule has 1 aromatic carbocycles. The number of unbranched alkanes of at least 4 members (excludes halogenated alkanes) is 1. The zero-order valence-corrected chi connectivity index (χ0v) is 18.0. The number of ether oxygens (including phenoxy) is 1. The van der Waals surface area contributed by atoms with Crippen molar-refractivity contribution < 1.29 is 25.2 Å². The summed E-state index contributed by atoms with van der Waals surface area (Å²) < 4.78 is 7.31. The van der Waals surface area contributed by atoms with Crippen LogP contribution in [0.15, 0.2) is 46.2 Å². The van der Waals surface area contributed by atoms with Crippen molar-refractivity contribution >= 4 is 11.8 Å². The first kappa shape index (κ1) is 23.0. The van der Waals surface area contributed by atoms with Crippen LogP contribution >= 0.6 is 11.8 Å². The van der Waals surface area contributed by atoms with E-state index in [1.807, 2.05) is 37.4 Å². The number of rotatable bonds is 7. The maximum Gasteiger partial charge on any atom is 0.250 e. The van der Waals surface area contributed by atoms with Gasteiger partial charge in [-0.25, -0.2) is 0 Å². The highest BCUT2D eigenvalue weighted by molar-refractivity contribution is 7.99. The van der Waals surface area contributed by atoms with Crippen molar-refractivity contribution in [2.75, 3.05) is 6.61 Å². The molecule has 0 radical (unpaired) electrons. The predicted octanol–water partition coefficient (Wildman–Crippen LogP) is 1.52. The van der Waals surface area contributed by atoms with Crippen LogP contribution in [0, 0.1) is 6.92 Å². The summed E-state index contributed by atoms with van der Waals surface area (Å²) in [4.78, 5) is 12.9. The highest BCUT2D eigenvalue weighted by Gasteiger charge is 2.43. The van der Waals surface area contributed by atoms with Gasteiger partial charge in [-0.15, -0.1) is 0 Å². The second kappa shape index (κ2) is 10.1. The molecule has 164 valence electrons. The molecular weight excluding hydrogens is 406 g/mol. The number of nitrogens with zero attached hydrogens (tertiary/aromatic N) is 1. The molecule has 8 heteroatoms. The number of hydrogen-bond donors (Lipinski definition) is 4. The number of aliphatic hydroxyl groups excluding tert-OH is 4. The van der Waals surface area contributed by atoms with Gasteiger partial charge in [0.2, 0.25) is 0 Å². The Labute approximate surface area is 180 Å². The summed E-state index contributed by atoms with van der Waals surface area (Å²) in [5, 5.41) is 39.5. The first-order valence-corrected chi connectivity index (χ1v) is 11.0. The standard InChI is InChI=1S/C22H29NO6S/c1-3-4-9-23-11-15(6-8-18(23)25)14-5-7-17(13(2)10-14)30-22-21(28)20(27)19(26)16(12-24)29-22/h5-8,10-11,16,19-22,24,26-28H,3-4,9,12H2,1-2H3/t16-,19-,20+,21+,22-/m1/s1. The molecule has 1 aliphatic heterocycles. The lowest BCUT2D eigenvalue weighted by molar-refractivity contribution is -0.205. The summed E-state index contributed by atoms with van der Waals surface area (Å²) in [6.45, 7) is 4.26. The normalized spacial score (nSPS) is 26.7. The van der Waals surface area contributed by atoms with E-state index in [2.05, 4.69) is 6.92 Å². The topological polar surface area (TPSA) is 112 Å². The number of thioether (sulfide) groups is 1. The molecule has 2 aromatic rings. The fourth-order valence-electron chi connectivity index (χ4n) is 3.46. The Bertz CT molecular complexity index is 915. The summed E-state index contributed by atoms with van der Waals surface area (Å²) in [6, 6.07) is 9.22. The molecule has 0 bridgehead atoms. The van der Waals surface area contributed by atoms with Gasteiger partial charge in [0.1, 0.15) is 29.9 Å². The average molecular weight is 436 g/mol. The summed E-state index contributed by atoms with van der Waals surface area (Å²) in [7, 11) is 0. The van der Waals surface area contributed by atoms with Crippen molar-refractivity contribution in [3.05, 3.63) is 52.4 Å². The number of hydrogen-bond acceptors (Lipinski definition) is 7. The zero-order chi connectivity index (χ0) is 21.8. The van der Waals surface area contributed by atoms with E-state index in [1.54, 1.807) is 10.6 Å². The summed E-state index contributed by atoms with van der Waals surface area (Å²) in [5.74, 6) is 0. The summed E-state index contributed by atoms with van der Waals surface area (Å²) in [6.07, 6.45) is -1.14. The molecule has 30 heavy (non-hydrogen) atoms. The van der Waals surface area contributed by atoms with E-state index in [9.17, 15) is 25.2 Å². The molecule has 0 unspecified atom stereocenters. The molecule has 3 rings (SSSR count). The molecule has 4 N–H and O–H groups in total. The van der Waals surface area contributed by atoms with Gasteiger partial charge in [0, 0.05) is 23.7 Å². The SMILES string of the molecule is CCCCn1cc(-c2ccc(S[C@H]3O[C@H](CO)[C@@H](O)[C@H](O)[C@@H]3O)c(C)c2)ccc1=O. The van der Waals surface area contributed by atoms with Gasteiger partial charge < -0.3 is 29.7 Å². The number of benzene rings is 1. The molecule has 0 saturated carbocycles. The van der Waals surface area contributed by atoms with Crippen molar-refractivity contribution in [3.8, 4) is 11.1 Å². The Hall–Kier alpha value is -1.68. The van der Waals surface area contributed by atoms with Crippen molar-refractivity contribution in [1.29, 1.82) is 0 Å². The van der Waals surface area contributed by atoms with Gasteiger partial charge in [0.15, 0.2) is 0 Å². The molecule has 2 heterocycles. The van der Waals surface area contributed by atoms with Gasteiger partial charge in [-0.1, -0.05) is 37.2 Å².